The van der Waals surface area contributed by atoms with Gasteiger partial charge < -0.3 is 14.5 Å². The maximum atomic E-state index is 11.9. The lowest BCUT2D eigenvalue weighted by Gasteiger charge is -2.05. The SMILES string of the molecule is COc1ccc(C(=O)NCC(=O)NN=C(C)c2ccco2)cc1. The van der Waals surface area contributed by atoms with Gasteiger partial charge in [-0.25, -0.2) is 5.43 Å². The lowest BCUT2D eigenvalue weighted by Crippen LogP contribution is -2.35. The Morgan fingerprint density at radius 3 is 2.57 bits per heavy atom. The predicted molar refractivity (Wildman–Crippen MR) is 84.4 cm³/mol. The number of carbonyl (C=O) groups is 2. The zero-order valence-electron chi connectivity index (χ0n) is 12.8. The lowest BCUT2D eigenvalue weighted by atomic mass is 10.2. The van der Waals surface area contributed by atoms with Gasteiger partial charge in [-0.1, -0.05) is 0 Å². The zero-order valence-corrected chi connectivity index (χ0v) is 12.8. The van der Waals surface area contributed by atoms with E-state index < -0.39 is 5.91 Å². The molecular weight excluding hydrogens is 298 g/mol. The highest BCUT2D eigenvalue weighted by molar-refractivity contribution is 5.98. The van der Waals surface area contributed by atoms with Crippen molar-refractivity contribution in [3.63, 3.8) is 0 Å². The van der Waals surface area contributed by atoms with Crippen molar-refractivity contribution in [3.05, 3.63) is 54.0 Å². The van der Waals surface area contributed by atoms with Crippen LogP contribution >= 0.6 is 0 Å². The summed E-state index contributed by atoms with van der Waals surface area (Å²) in [6.45, 7) is 1.52. The van der Waals surface area contributed by atoms with E-state index in [4.69, 9.17) is 9.15 Å². The number of amides is 2. The van der Waals surface area contributed by atoms with Crippen molar-refractivity contribution in [3.8, 4) is 5.75 Å². The van der Waals surface area contributed by atoms with Gasteiger partial charge in [0.2, 0.25) is 0 Å². The van der Waals surface area contributed by atoms with Gasteiger partial charge in [-0.05, 0) is 43.3 Å². The molecule has 0 saturated heterocycles. The van der Waals surface area contributed by atoms with E-state index in [0.29, 0.717) is 22.8 Å². The van der Waals surface area contributed by atoms with Crippen molar-refractivity contribution in [2.24, 2.45) is 5.10 Å². The Balaban J connectivity index is 1.81. The number of hydrazone groups is 1. The number of benzene rings is 1. The molecule has 7 nitrogen and oxygen atoms in total. The molecule has 23 heavy (non-hydrogen) atoms. The van der Waals surface area contributed by atoms with E-state index in [2.05, 4.69) is 15.8 Å². The molecule has 1 heterocycles. The first-order valence-corrected chi connectivity index (χ1v) is 6.89. The Morgan fingerprint density at radius 2 is 1.96 bits per heavy atom. The second-order valence-electron chi connectivity index (χ2n) is 4.62. The van der Waals surface area contributed by atoms with E-state index >= 15 is 0 Å². The number of rotatable bonds is 6. The van der Waals surface area contributed by atoms with Crippen LogP contribution in [0.25, 0.3) is 0 Å². The van der Waals surface area contributed by atoms with Gasteiger partial charge in [-0.15, -0.1) is 0 Å². The number of nitrogens with zero attached hydrogens (tertiary/aromatic N) is 1. The van der Waals surface area contributed by atoms with Gasteiger partial charge in [0.25, 0.3) is 11.8 Å². The number of ether oxygens (including phenoxy) is 1. The van der Waals surface area contributed by atoms with Gasteiger partial charge in [0, 0.05) is 5.56 Å². The Bertz CT molecular complexity index is 691. The molecule has 0 atom stereocenters. The molecule has 2 aromatic rings. The maximum Gasteiger partial charge on any atom is 0.259 e. The first kappa shape index (κ1) is 16.3. The minimum atomic E-state index is -0.433. The molecule has 7 heteroatoms. The second-order valence-corrected chi connectivity index (χ2v) is 4.62. The average molecular weight is 315 g/mol. The topological polar surface area (TPSA) is 92.9 Å². The Hall–Kier alpha value is -3.09. The van der Waals surface area contributed by atoms with Crippen LogP contribution in [-0.4, -0.2) is 31.2 Å². The molecule has 2 rings (SSSR count). The molecular formula is C16H17N3O4. The third-order valence-corrected chi connectivity index (χ3v) is 2.99. The largest absolute Gasteiger partial charge is 0.497 e. The van der Waals surface area contributed by atoms with E-state index in [9.17, 15) is 9.59 Å². The second kappa shape index (κ2) is 7.79. The van der Waals surface area contributed by atoms with Crippen molar-refractivity contribution < 1.29 is 18.7 Å². The fourth-order valence-corrected chi connectivity index (χ4v) is 1.73. The first-order chi connectivity index (χ1) is 11.1. The highest BCUT2D eigenvalue weighted by Gasteiger charge is 2.08. The number of hydrogen-bond donors (Lipinski definition) is 2. The van der Waals surface area contributed by atoms with Gasteiger partial charge in [-0.3, -0.25) is 9.59 Å². The monoisotopic (exact) mass is 315 g/mol. The number of nitrogens with one attached hydrogen (secondary N) is 2. The van der Waals surface area contributed by atoms with E-state index in [1.807, 2.05) is 0 Å². The fraction of sp³-hybridized carbons (Fsp3) is 0.188. The van der Waals surface area contributed by atoms with E-state index in [1.54, 1.807) is 50.4 Å². The minimum absolute atomic E-state index is 0.181. The molecule has 0 fully saturated rings. The van der Waals surface area contributed by atoms with E-state index in [-0.39, 0.29) is 12.5 Å². The van der Waals surface area contributed by atoms with Crippen LogP contribution in [-0.2, 0) is 4.79 Å². The van der Waals surface area contributed by atoms with Gasteiger partial charge >= 0.3 is 0 Å². The van der Waals surface area contributed by atoms with Crippen LogP contribution in [0.4, 0.5) is 0 Å². The number of furan rings is 1. The molecule has 2 N–H and O–H groups in total. The summed E-state index contributed by atoms with van der Waals surface area (Å²) in [5, 5.41) is 6.41. The Morgan fingerprint density at radius 1 is 1.22 bits per heavy atom. The quantitative estimate of drug-likeness (QED) is 0.625. The summed E-state index contributed by atoms with van der Waals surface area (Å²) in [5.74, 6) is 0.432. The molecule has 120 valence electrons. The molecule has 0 bridgehead atoms. The fourth-order valence-electron chi connectivity index (χ4n) is 1.73. The van der Waals surface area contributed by atoms with Crippen molar-refractivity contribution in [1.82, 2.24) is 10.7 Å². The van der Waals surface area contributed by atoms with Gasteiger partial charge in [0.1, 0.15) is 17.2 Å². The summed E-state index contributed by atoms with van der Waals surface area (Å²) in [6.07, 6.45) is 1.52. The molecule has 0 saturated carbocycles. The number of carbonyl (C=O) groups excluding carboxylic acids is 2. The normalized spacial score (nSPS) is 11.0. The van der Waals surface area contributed by atoms with Crippen LogP contribution in [0.5, 0.6) is 5.75 Å². The molecule has 0 aliphatic rings. The van der Waals surface area contributed by atoms with Crippen LogP contribution < -0.4 is 15.5 Å². The third kappa shape index (κ3) is 4.70. The molecule has 0 aliphatic heterocycles. The Kier molecular flexibility index (Phi) is 5.51. The highest BCUT2D eigenvalue weighted by atomic mass is 16.5. The van der Waals surface area contributed by atoms with E-state index in [1.165, 1.54) is 6.26 Å². The average Bonchev–Trinajstić information content (AvgIpc) is 3.12. The smallest absolute Gasteiger partial charge is 0.259 e. The van der Waals surface area contributed by atoms with Crippen LogP contribution in [0.15, 0.2) is 52.2 Å². The predicted octanol–water partition coefficient (Wildman–Crippen LogP) is 1.56. The number of hydrogen-bond acceptors (Lipinski definition) is 5. The summed E-state index contributed by atoms with van der Waals surface area (Å²) < 4.78 is 10.2. The van der Waals surface area contributed by atoms with Crippen LogP contribution in [0, 0.1) is 0 Å². The van der Waals surface area contributed by atoms with Crippen molar-refractivity contribution >= 4 is 17.5 Å². The highest BCUT2D eigenvalue weighted by Crippen LogP contribution is 2.10. The molecule has 1 aromatic heterocycles. The van der Waals surface area contributed by atoms with Crippen LogP contribution in [0.2, 0.25) is 0 Å². The van der Waals surface area contributed by atoms with E-state index in [0.717, 1.165) is 0 Å². The van der Waals surface area contributed by atoms with Crippen LogP contribution in [0.3, 0.4) is 0 Å². The summed E-state index contributed by atoms with van der Waals surface area (Å²) in [7, 11) is 1.55. The van der Waals surface area contributed by atoms with Gasteiger partial charge in [0.05, 0.1) is 19.9 Å². The van der Waals surface area contributed by atoms with Crippen molar-refractivity contribution in [2.75, 3.05) is 13.7 Å². The molecule has 1 aromatic carbocycles. The summed E-state index contributed by atoms with van der Waals surface area (Å²) in [5.41, 5.74) is 3.32. The maximum absolute atomic E-state index is 11.9. The molecule has 0 radical (unpaired) electrons. The summed E-state index contributed by atoms with van der Waals surface area (Å²) in [6, 6.07) is 10.0. The molecule has 0 spiro atoms. The standard InChI is InChI=1S/C16H17N3O4/c1-11(14-4-3-9-23-14)18-19-15(20)10-17-16(21)12-5-7-13(22-2)8-6-12/h3-9H,10H2,1-2H3,(H,17,21)(H,19,20). The molecule has 0 unspecified atom stereocenters. The lowest BCUT2D eigenvalue weighted by molar-refractivity contribution is -0.120. The summed E-state index contributed by atoms with van der Waals surface area (Å²) in [4.78, 5) is 23.6. The van der Waals surface area contributed by atoms with Gasteiger partial charge in [-0.2, -0.15) is 5.10 Å². The van der Waals surface area contributed by atoms with Crippen LogP contribution in [0.1, 0.15) is 23.0 Å². The first-order valence-electron chi connectivity index (χ1n) is 6.89. The minimum Gasteiger partial charge on any atom is -0.497 e. The molecule has 0 aliphatic carbocycles. The number of methoxy groups -OCH3 is 1. The zero-order chi connectivity index (χ0) is 16.7. The summed E-state index contributed by atoms with van der Waals surface area (Å²) >= 11 is 0. The van der Waals surface area contributed by atoms with Crippen molar-refractivity contribution in [1.29, 1.82) is 0 Å². The van der Waals surface area contributed by atoms with Gasteiger partial charge in [0.15, 0.2) is 0 Å². The molecule has 2 amide bonds. The van der Waals surface area contributed by atoms with Crippen molar-refractivity contribution in [2.45, 2.75) is 6.92 Å². The Labute approximate surface area is 133 Å². The third-order valence-electron chi connectivity index (χ3n) is 2.99.